The molecule has 3 heterocycles. The van der Waals surface area contributed by atoms with Crippen LogP contribution in [0.15, 0.2) is 16.4 Å². The van der Waals surface area contributed by atoms with Crippen molar-refractivity contribution in [3.05, 3.63) is 21.3 Å². The van der Waals surface area contributed by atoms with Crippen LogP contribution in [0.1, 0.15) is 39.8 Å². The molecule has 41 heavy (non-hydrogen) atoms. The number of thiazole rings is 1. The highest BCUT2D eigenvalue weighted by molar-refractivity contribution is 8.00. The number of nitrogen functional groups attached to an aromatic ring is 1. The lowest BCUT2D eigenvalue weighted by Gasteiger charge is -2.49. The number of hydrogen-bond acceptors (Lipinski definition) is 14. The summed E-state index contributed by atoms with van der Waals surface area (Å²) in [5.41, 5.74) is 4.02. The van der Waals surface area contributed by atoms with Gasteiger partial charge in [-0.1, -0.05) is 28.1 Å². The fourth-order valence-electron chi connectivity index (χ4n) is 3.60. The van der Waals surface area contributed by atoms with E-state index < -0.39 is 77.9 Å². The fraction of sp³-hybridized carbons (Fsp3) is 0.478. The number of β-lactam (4-membered cyclic amide) rings is 1. The van der Waals surface area contributed by atoms with Crippen LogP contribution >= 0.6 is 34.7 Å². The summed E-state index contributed by atoms with van der Waals surface area (Å²) < 4.78 is 10.1. The monoisotopic (exact) mass is 631 g/mol. The van der Waals surface area contributed by atoms with Gasteiger partial charge in [0, 0.05) is 11.3 Å². The maximum absolute atomic E-state index is 13.2. The van der Waals surface area contributed by atoms with Gasteiger partial charge in [0.2, 0.25) is 6.61 Å². The number of aliphatic carboxylic acids is 1. The number of ketones is 1. The van der Waals surface area contributed by atoms with Gasteiger partial charge in [0.05, 0.1) is 0 Å². The third kappa shape index (κ3) is 7.95. The molecule has 2 atom stereocenters. The number of halogens is 1. The van der Waals surface area contributed by atoms with Crippen LogP contribution in [0.5, 0.6) is 0 Å². The summed E-state index contributed by atoms with van der Waals surface area (Å²) >= 11 is 8.12. The second kappa shape index (κ2) is 12.9. The van der Waals surface area contributed by atoms with Gasteiger partial charge in [-0.2, -0.15) is 0 Å². The molecular formula is C23H26ClN5O10S2. The number of carbonyl (C=O) groups excluding carboxylic acids is 5. The molecule has 0 unspecified atom stereocenters. The molecule has 15 nitrogen and oxygen atoms in total. The number of anilines is 1. The molecule has 2 aliphatic rings. The minimum absolute atomic E-state index is 0.00840. The van der Waals surface area contributed by atoms with Gasteiger partial charge in [-0.05, 0) is 27.7 Å². The molecule has 1 aromatic heterocycles. The first-order valence-electron chi connectivity index (χ1n) is 11.8. The van der Waals surface area contributed by atoms with Crippen molar-refractivity contribution < 1.29 is 48.2 Å². The molecule has 2 aliphatic heterocycles. The van der Waals surface area contributed by atoms with Crippen molar-refractivity contribution in [1.82, 2.24) is 15.2 Å². The highest BCUT2D eigenvalue weighted by atomic mass is 35.5. The van der Waals surface area contributed by atoms with Crippen molar-refractivity contribution in [2.45, 2.75) is 51.1 Å². The maximum atomic E-state index is 13.2. The normalized spacial score (nSPS) is 18.7. The Balaban J connectivity index is 1.76. The number of nitrogens with zero attached hydrogens (tertiary/aromatic N) is 3. The van der Waals surface area contributed by atoms with Crippen molar-refractivity contribution in [3.8, 4) is 0 Å². The van der Waals surface area contributed by atoms with Crippen LogP contribution in [0, 0.1) is 0 Å². The van der Waals surface area contributed by atoms with E-state index in [-0.39, 0.29) is 32.2 Å². The van der Waals surface area contributed by atoms with Gasteiger partial charge in [0.15, 0.2) is 10.8 Å². The maximum Gasteiger partial charge on any atom is 0.352 e. The fourth-order valence-corrected chi connectivity index (χ4v) is 5.86. The summed E-state index contributed by atoms with van der Waals surface area (Å²) in [6.45, 7) is 5.10. The zero-order chi connectivity index (χ0) is 30.6. The first kappa shape index (κ1) is 31.8. The highest BCUT2D eigenvalue weighted by Crippen LogP contribution is 2.40. The molecule has 1 aromatic rings. The van der Waals surface area contributed by atoms with Crippen molar-refractivity contribution in [1.29, 1.82) is 0 Å². The van der Waals surface area contributed by atoms with E-state index in [2.05, 4.69) is 15.5 Å². The van der Waals surface area contributed by atoms with Crippen LogP contribution in [0.4, 0.5) is 5.13 Å². The van der Waals surface area contributed by atoms with Crippen molar-refractivity contribution >= 4 is 81.0 Å². The third-order valence-corrected chi connectivity index (χ3v) is 7.56. The standard InChI is InChI=1S/C23H26ClN5O10S2/c1-9(30)5-11(31)37-6-10-8-40-20-15(19(34)29(20)16(10)21(35)36)26-18(33)14(13-17(24)41-22(25)27-13)28-38-7-12(32)39-23(2,3)4/h15,20H,5-8H2,1-4H3,(H2,25,27)(H,26,33)(H,35,36)/b28-14-/t15-,20+/m1/s1. The quantitative estimate of drug-likeness (QED) is 0.101. The number of thioether (sulfide) groups is 1. The lowest BCUT2D eigenvalue weighted by atomic mass is 10.0. The van der Waals surface area contributed by atoms with Gasteiger partial charge < -0.3 is 30.5 Å². The van der Waals surface area contributed by atoms with E-state index in [9.17, 15) is 33.9 Å². The van der Waals surface area contributed by atoms with Crippen LogP contribution in [-0.2, 0) is 43.1 Å². The summed E-state index contributed by atoms with van der Waals surface area (Å²) in [4.78, 5) is 83.0. The number of fused-ring (bicyclic) bond motifs is 1. The number of nitrogens with one attached hydrogen (secondary N) is 1. The Labute approximate surface area is 246 Å². The summed E-state index contributed by atoms with van der Waals surface area (Å²) in [6.07, 6.45) is -0.470. The Kier molecular flexibility index (Phi) is 9.98. The van der Waals surface area contributed by atoms with E-state index in [1.807, 2.05) is 0 Å². The summed E-state index contributed by atoms with van der Waals surface area (Å²) in [5.74, 6) is -5.09. The topological polar surface area (TPSA) is 217 Å². The highest BCUT2D eigenvalue weighted by Gasteiger charge is 2.54. The molecule has 2 amide bonds. The number of rotatable bonds is 11. The molecule has 0 aromatic carbocycles. The molecule has 0 spiro atoms. The second-order valence-electron chi connectivity index (χ2n) is 9.63. The molecule has 0 saturated carbocycles. The number of Topliss-reactive ketones (excluding diaryl/α,β-unsaturated/α-hetero) is 1. The Morgan fingerprint density at radius 3 is 2.49 bits per heavy atom. The Morgan fingerprint density at radius 2 is 1.93 bits per heavy atom. The van der Waals surface area contributed by atoms with E-state index in [0.29, 0.717) is 0 Å². The van der Waals surface area contributed by atoms with Gasteiger partial charge >= 0.3 is 17.9 Å². The number of carboxylic acids is 1. The van der Waals surface area contributed by atoms with E-state index in [1.165, 1.54) is 6.92 Å². The van der Waals surface area contributed by atoms with Crippen molar-refractivity contribution in [3.63, 3.8) is 0 Å². The van der Waals surface area contributed by atoms with Crippen LogP contribution in [-0.4, -0.2) is 92.2 Å². The number of oxime groups is 1. The zero-order valence-electron chi connectivity index (χ0n) is 22.2. The molecule has 1 fully saturated rings. The molecule has 18 heteroatoms. The van der Waals surface area contributed by atoms with E-state index in [0.717, 1.165) is 28.0 Å². The van der Waals surface area contributed by atoms with Gasteiger partial charge in [-0.15, -0.1) is 11.8 Å². The number of aromatic nitrogens is 1. The number of carboxylic acid groups (broad SMARTS) is 1. The van der Waals surface area contributed by atoms with Crippen LogP contribution in [0.3, 0.4) is 0 Å². The molecule has 222 valence electrons. The van der Waals surface area contributed by atoms with Gasteiger partial charge in [0.25, 0.3) is 11.8 Å². The number of hydrogen-bond donors (Lipinski definition) is 3. The zero-order valence-corrected chi connectivity index (χ0v) is 24.6. The SMILES string of the molecule is CC(=O)CC(=O)OCC1=C(C(=O)O)N2C(=O)[C@@H](NC(=O)/C(=N\OCC(=O)OC(C)(C)C)c3nc(N)sc3Cl)[C@@H]2SC1. The molecule has 0 radical (unpaired) electrons. The average molecular weight is 632 g/mol. The number of nitrogens with two attached hydrogens (primary N) is 1. The first-order valence-corrected chi connectivity index (χ1v) is 14.0. The Morgan fingerprint density at radius 1 is 1.24 bits per heavy atom. The van der Waals surface area contributed by atoms with Crippen molar-refractivity contribution in [2.24, 2.45) is 5.16 Å². The summed E-state index contributed by atoms with van der Waals surface area (Å²) in [5, 5.41) is 15.1. The Hall–Kier alpha value is -3.70. The first-order chi connectivity index (χ1) is 19.1. The lowest BCUT2D eigenvalue weighted by molar-refractivity contribution is -0.160. The third-order valence-electron chi connectivity index (χ3n) is 5.14. The molecular weight excluding hydrogens is 606 g/mol. The van der Waals surface area contributed by atoms with E-state index in [1.54, 1.807) is 20.8 Å². The second-order valence-corrected chi connectivity index (χ2v) is 12.4. The van der Waals surface area contributed by atoms with Gasteiger partial charge in [-0.25, -0.2) is 14.6 Å². The predicted octanol–water partition coefficient (Wildman–Crippen LogP) is 0.702. The molecule has 3 rings (SSSR count). The number of carbonyl (C=O) groups is 6. The number of esters is 2. The van der Waals surface area contributed by atoms with Crippen LogP contribution < -0.4 is 11.1 Å². The molecule has 0 aliphatic carbocycles. The van der Waals surface area contributed by atoms with Gasteiger partial charge in [-0.3, -0.25) is 24.1 Å². The largest absolute Gasteiger partial charge is 0.477 e. The number of amides is 2. The van der Waals surface area contributed by atoms with Gasteiger partial charge in [0.1, 0.15) is 51.6 Å². The molecule has 0 bridgehead atoms. The molecule has 1 saturated heterocycles. The van der Waals surface area contributed by atoms with E-state index >= 15 is 0 Å². The minimum Gasteiger partial charge on any atom is -0.477 e. The van der Waals surface area contributed by atoms with Crippen molar-refractivity contribution in [2.75, 3.05) is 24.7 Å². The minimum atomic E-state index is -1.44. The number of ether oxygens (including phenoxy) is 2. The molecule has 4 N–H and O–H groups in total. The van der Waals surface area contributed by atoms with Crippen LogP contribution in [0.2, 0.25) is 4.34 Å². The lowest BCUT2D eigenvalue weighted by Crippen LogP contribution is -2.71. The Bertz CT molecular complexity index is 1350. The summed E-state index contributed by atoms with van der Waals surface area (Å²) in [6, 6.07) is -1.17. The van der Waals surface area contributed by atoms with E-state index in [4.69, 9.17) is 31.6 Å². The average Bonchev–Trinajstić information content (AvgIpc) is 3.18. The summed E-state index contributed by atoms with van der Waals surface area (Å²) in [7, 11) is 0. The smallest absolute Gasteiger partial charge is 0.352 e. The van der Waals surface area contributed by atoms with Crippen LogP contribution in [0.25, 0.3) is 0 Å². The predicted molar refractivity (Wildman–Crippen MR) is 146 cm³/mol.